The van der Waals surface area contributed by atoms with Gasteiger partial charge in [-0.15, -0.1) is 0 Å². The van der Waals surface area contributed by atoms with Crippen LogP contribution in [0.15, 0.2) is 11.6 Å². The van der Waals surface area contributed by atoms with E-state index in [2.05, 4.69) is 24.1 Å². The minimum Gasteiger partial charge on any atom is -0.314 e. The maximum Gasteiger partial charge on any atom is 0.0174 e. The third-order valence-electron chi connectivity index (χ3n) is 2.97. The molecule has 1 rings (SSSR count). The molecule has 1 heterocycles. The number of piperidine rings is 1. The summed E-state index contributed by atoms with van der Waals surface area (Å²) in [5.74, 6) is 0.864. The summed E-state index contributed by atoms with van der Waals surface area (Å²) < 4.78 is 0. The molecule has 0 aromatic carbocycles. The molecule has 0 bridgehead atoms. The zero-order chi connectivity index (χ0) is 11.1. The Kier molecular flexibility index (Phi) is 6.30. The molecule has 1 N–H and O–H groups in total. The van der Waals surface area contributed by atoms with Gasteiger partial charge in [0.05, 0.1) is 0 Å². The van der Waals surface area contributed by atoms with Crippen molar-refractivity contribution in [1.82, 2.24) is 10.2 Å². The summed E-state index contributed by atoms with van der Waals surface area (Å²) in [4.78, 5) is 2.46. The number of rotatable bonds is 5. The number of hydrogen-bond donors (Lipinski definition) is 1. The third kappa shape index (κ3) is 5.55. The second kappa shape index (κ2) is 7.26. The topological polar surface area (TPSA) is 15.3 Å². The molecular formula is C12H23ClN2. The van der Waals surface area contributed by atoms with Crippen molar-refractivity contribution in [2.75, 3.05) is 26.2 Å². The summed E-state index contributed by atoms with van der Waals surface area (Å²) in [6, 6.07) is 0.613. The lowest BCUT2D eigenvalue weighted by molar-refractivity contribution is 0.196. The fourth-order valence-electron chi connectivity index (χ4n) is 1.96. The van der Waals surface area contributed by atoms with Gasteiger partial charge in [0, 0.05) is 18.1 Å². The van der Waals surface area contributed by atoms with Crippen molar-refractivity contribution in [2.45, 2.75) is 32.7 Å². The molecule has 0 amide bonds. The van der Waals surface area contributed by atoms with Gasteiger partial charge >= 0.3 is 0 Å². The van der Waals surface area contributed by atoms with Crippen LogP contribution in [0.2, 0.25) is 0 Å². The predicted molar refractivity (Wildman–Crippen MR) is 67.3 cm³/mol. The van der Waals surface area contributed by atoms with E-state index in [-0.39, 0.29) is 0 Å². The Morgan fingerprint density at radius 2 is 2.07 bits per heavy atom. The molecule has 1 saturated heterocycles. The number of likely N-dealkylation sites (tertiary alicyclic amines) is 1. The van der Waals surface area contributed by atoms with Crippen molar-refractivity contribution >= 4 is 11.6 Å². The van der Waals surface area contributed by atoms with E-state index in [1.54, 1.807) is 5.54 Å². The Bertz CT molecular complexity index is 184. The summed E-state index contributed by atoms with van der Waals surface area (Å²) in [6.45, 7) is 9.03. The van der Waals surface area contributed by atoms with Crippen LogP contribution in [0, 0.1) is 5.92 Å². The molecule has 0 unspecified atom stereocenters. The maximum absolute atomic E-state index is 5.52. The highest BCUT2D eigenvalue weighted by Crippen LogP contribution is 2.16. The SMILES string of the molecule is CC(C)NCC1CCN(CC=CCl)CC1. The molecule has 2 nitrogen and oxygen atoms in total. The van der Waals surface area contributed by atoms with Gasteiger partial charge < -0.3 is 5.32 Å². The Hall–Kier alpha value is -0.0500. The van der Waals surface area contributed by atoms with Gasteiger partial charge in [-0.1, -0.05) is 31.5 Å². The lowest BCUT2D eigenvalue weighted by Crippen LogP contribution is -2.38. The van der Waals surface area contributed by atoms with E-state index >= 15 is 0 Å². The minimum atomic E-state index is 0.613. The highest BCUT2D eigenvalue weighted by Gasteiger charge is 2.17. The number of nitrogens with zero attached hydrogens (tertiary/aromatic N) is 1. The summed E-state index contributed by atoms with van der Waals surface area (Å²) in [5.41, 5.74) is 1.62. The molecule has 15 heavy (non-hydrogen) atoms. The Balaban J connectivity index is 2.12. The summed E-state index contributed by atoms with van der Waals surface area (Å²) in [6.07, 6.45) is 4.65. The van der Waals surface area contributed by atoms with Gasteiger partial charge in [-0.3, -0.25) is 4.90 Å². The first-order valence-electron chi connectivity index (χ1n) is 5.93. The molecular weight excluding hydrogens is 208 g/mol. The first-order chi connectivity index (χ1) is 7.22. The molecule has 1 aliphatic heterocycles. The van der Waals surface area contributed by atoms with Crippen LogP contribution in [-0.4, -0.2) is 37.1 Å². The smallest absolute Gasteiger partial charge is 0.0174 e. The number of nitrogens with one attached hydrogen (secondary N) is 1. The maximum atomic E-state index is 5.52. The third-order valence-corrected chi connectivity index (χ3v) is 3.15. The average Bonchev–Trinajstić information content (AvgIpc) is 2.25. The fourth-order valence-corrected chi connectivity index (χ4v) is 2.04. The lowest BCUT2D eigenvalue weighted by Gasteiger charge is -2.31. The minimum absolute atomic E-state index is 0.613. The summed E-state index contributed by atoms with van der Waals surface area (Å²) in [7, 11) is 0. The first kappa shape index (κ1) is 13.0. The normalized spacial score (nSPS) is 20.5. The first-order valence-corrected chi connectivity index (χ1v) is 6.37. The van der Waals surface area contributed by atoms with E-state index in [1.807, 2.05) is 6.08 Å². The van der Waals surface area contributed by atoms with Gasteiger partial charge in [0.2, 0.25) is 0 Å². The van der Waals surface area contributed by atoms with Crippen molar-refractivity contribution < 1.29 is 0 Å². The van der Waals surface area contributed by atoms with E-state index in [0.29, 0.717) is 6.04 Å². The molecule has 0 aromatic rings. The van der Waals surface area contributed by atoms with E-state index in [4.69, 9.17) is 11.6 Å². The van der Waals surface area contributed by atoms with Crippen molar-refractivity contribution in [3.8, 4) is 0 Å². The highest BCUT2D eigenvalue weighted by atomic mass is 35.5. The fraction of sp³-hybridized carbons (Fsp3) is 0.833. The zero-order valence-corrected chi connectivity index (χ0v) is 10.6. The highest BCUT2D eigenvalue weighted by molar-refractivity contribution is 6.25. The monoisotopic (exact) mass is 230 g/mol. The molecule has 3 heteroatoms. The molecule has 0 saturated carbocycles. The molecule has 1 fully saturated rings. The van der Waals surface area contributed by atoms with Crippen LogP contribution < -0.4 is 5.32 Å². The predicted octanol–water partition coefficient (Wildman–Crippen LogP) is 2.45. The van der Waals surface area contributed by atoms with Crippen LogP contribution in [0.4, 0.5) is 0 Å². The quantitative estimate of drug-likeness (QED) is 0.781. The Morgan fingerprint density at radius 3 is 2.60 bits per heavy atom. The van der Waals surface area contributed by atoms with E-state index in [0.717, 1.165) is 12.5 Å². The molecule has 0 radical (unpaired) electrons. The van der Waals surface area contributed by atoms with Crippen LogP contribution in [0.1, 0.15) is 26.7 Å². The van der Waals surface area contributed by atoms with Gasteiger partial charge in [0.1, 0.15) is 0 Å². The molecule has 0 spiro atoms. The van der Waals surface area contributed by atoms with Crippen molar-refractivity contribution in [3.63, 3.8) is 0 Å². The second-order valence-electron chi connectivity index (χ2n) is 4.67. The van der Waals surface area contributed by atoms with Crippen molar-refractivity contribution in [1.29, 1.82) is 0 Å². The largest absolute Gasteiger partial charge is 0.314 e. The molecule has 88 valence electrons. The van der Waals surface area contributed by atoms with Gasteiger partial charge in [-0.2, -0.15) is 0 Å². The van der Waals surface area contributed by atoms with Gasteiger partial charge in [-0.25, -0.2) is 0 Å². The van der Waals surface area contributed by atoms with Gasteiger partial charge in [0.15, 0.2) is 0 Å². The van der Waals surface area contributed by atoms with E-state index < -0.39 is 0 Å². The Labute approximate surface area is 98.7 Å². The molecule has 0 atom stereocenters. The molecule has 0 aromatic heterocycles. The lowest BCUT2D eigenvalue weighted by atomic mass is 9.96. The Morgan fingerprint density at radius 1 is 1.40 bits per heavy atom. The zero-order valence-electron chi connectivity index (χ0n) is 9.88. The molecule has 1 aliphatic rings. The van der Waals surface area contributed by atoms with Crippen LogP contribution in [0.25, 0.3) is 0 Å². The van der Waals surface area contributed by atoms with Crippen molar-refractivity contribution in [2.24, 2.45) is 5.92 Å². The standard InChI is InChI=1S/C12H23ClN2/c1-11(2)14-10-12-4-8-15(9-5-12)7-3-6-13/h3,6,11-12,14H,4-5,7-10H2,1-2H3. The van der Waals surface area contributed by atoms with Gasteiger partial charge in [-0.05, 0) is 38.4 Å². The number of hydrogen-bond acceptors (Lipinski definition) is 2. The number of halogens is 1. The molecule has 0 aliphatic carbocycles. The van der Waals surface area contributed by atoms with Crippen LogP contribution in [0.3, 0.4) is 0 Å². The van der Waals surface area contributed by atoms with E-state index in [1.165, 1.54) is 32.5 Å². The van der Waals surface area contributed by atoms with Crippen LogP contribution in [0.5, 0.6) is 0 Å². The summed E-state index contributed by atoms with van der Waals surface area (Å²) >= 11 is 5.52. The van der Waals surface area contributed by atoms with Crippen LogP contribution >= 0.6 is 11.6 Å². The van der Waals surface area contributed by atoms with Crippen LogP contribution in [-0.2, 0) is 0 Å². The second-order valence-corrected chi connectivity index (χ2v) is 4.92. The summed E-state index contributed by atoms with van der Waals surface area (Å²) in [5, 5.41) is 3.52. The van der Waals surface area contributed by atoms with Crippen molar-refractivity contribution in [3.05, 3.63) is 11.6 Å². The van der Waals surface area contributed by atoms with E-state index in [9.17, 15) is 0 Å². The average molecular weight is 231 g/mol. The van der Waals surface area contributed by atoms with Gasteiger partial charge in [0.25, 0.3) is 0 Å².